The Morgan fingerprint density at radius 1 is 1.42 bits per heavy atom. The minimum absolute atomic E-state index is 0.0358. The predicted octanol–water partition coefficient (Wildman–Crippen LogP) is 3.39. The topological polar surface area (TPSA) is 73.1 Å². The smallest absolute Gasteiger partial charge is 0.276 e. The first-order valence-corrected chi connectivity index (χ1v) is 6.24. The lowest BCUT2D eigenvalue weighted by molar-refractivity contribution is -0.384. The molecule has 0 saturated heterocycles. The van der Waals surface area contributed by atoms with Crippen LogP contribution >= 0.6 is 23.1 Å². The molecule has 0 saturated carbocycles. The van der Waals surface area contributed by atoms with Gasteiger partial charge in [-0.2, -0.15) is 13.2 Å². The lowest BCUT2D eigenvalue weighted by Crippen LogP contribution is -2.18. The van der Waals surface area contributed by atoms with Gasteiger partial charge in [0, 0.05) is 12.1 Å². The number of hydrogen-bond donors (Lipinski definition) is 0. The van der Waals surface area contributed by atoms with Crippen LogP contribution in [0.1, 0.15) is 0 Å². The lowest BCUT2D eigenvalue weighted by Gasteiger charge is -2.00. The molecule has 0 aliphatic rings. The van der Waals surface area contributed by atoms with Crippen LogP contribution in [0.5, 0.6) is 0 Å². The zero-order valence-corrected chi connectivity index (χ0v) is 10.4. The van der Waals surface area contributed by atoms with Gasteiger partial charge in [0.2, 0.25) is 0 Å². The van der Waals surface area contributed by atoms with Gasteiger partial charge < -0.3 is 0 Å². The molecule has 0 radical (unpaired) electrons. The molecule has 0 unspecified atom stereocenters. The summed E-state index contributed by atoms with van der Waals surface area (Å²) in [5.74, 6) is 0. The van der Waals surface area contributed by atoms with Crippen molar-refractivity contribution in [2.45, 2.75) is 10.5 Å². The highest BCUT2D eigenvalue weighted by Crippen LogP contribution is 2.35. The zero-order chi connectivity index (χ0) is 14.2. The monoisotopic (exact) mass is 308 g/mol. The number of nitrogens with zero attached hydrogens (tertiary/aromatic N) is 2. The van der Waals surface area contributed by atoms with Crippen molar-refractivity contribution in [2.75, 3.05) is 0 Å². The number of carbonyl (C=O) groups excluding carboxylic acids is 1. The highest BCUT2D eigenvalue weighted by Gasteiger charge is 2.39. The summed E-state index contributed by atoms with van der Waals surface area (Å²) in [6, 6.07) is 3.73. The van der Waals surface area contributed by atoms with E-state index in [2.05, 4.69) is 4.98 Å². The summed E-state index contributed by atoms with van der Waals surface area (Å²) >= 11 is 0.764. The number of carbonyl (C=O) groups is 1. The fourth-order valence-corrected chi connectivity index (χ4v) is 3.00. The maximum atomic E-state index is 12.1. The third-order valence-corrected chi connectivity index (χ3v) is 3.97. The maximum Gasteiger partial charge on any atom is 0.461 e. The van der Waals surface area contributed by atoms with Crippen molar-refractivity contribution in [3.8, 4) is 0 Å². The van der Waals surface area contributed by atoms with Crippen LogP contribution in [0.25, 0.3) is 10.2 Å². The molecule has 5 nitrogen and oxygen atoms in total. The lowest BCUT2D eigenvalue weighted by atomic mass is 10.3. The van der Waals surface area contributed by atoms with Gasteiger partial charge in [0.1, 0.15) is 0 Å². The fraction of sp³-hybridized carbons (Fsp3) is 0.111. The number of thioether (sulfide) groups is 1. The molecule has 1 aromatic heterocycles. The van der Waals surface area contributed by atoms with Crippen molar-refractivity contribution < 1.29 is 22.9 Å². The molecule has 1 heterocycles. The van der Waals surface area contributed by atoms with E-state index in [1.54, 1.807) is 0 Å². The largest absolute Gasteiger partial charge is 0.461 e. The first kappa shape index (κ1) is 13.7. The standard InChI is InChI=1S/C9H3F3N2O3S2/c10-9(11,12)7(15)19-8-13-5-2-1-4(14(16)17)3-6(5)18-8/h1-3H. The van der Waals surface area contributed by atoms with Crippen molar-refractivity contribution in [1.82, 2.24) is 4.98 Å². The van der Waals surface area contributed by atoms with Crippen LogP contribution in [0, 0.1) is 10.1 Å². The highest BCUT2D eigenvalue weighted by atomic mass is 32.2. The molecule has 0 aliphatic heterocycles. The minimum Gasteiger partial charge on any atom is -0.276 e. The van der Waals surface area contributed by atoms with Crippen molar-refractivity contribution in [1.29, 1.82) is 0 Å². The predicted molar refractivity (Wildman–Crippen MR) is 63.2 cm³/mol. The van der Waals surface area contributed by atoms with E-state index in [1.165, 1.54) is 18.2 Å². The zero-order valence-electron chi connectivity index (χ0n) is 8.80. The number of fused-ring (bicyclic) bond motifs is 1. The Morgan fingerprint density at radius 3 is 2.68 bits per heavy atom. The molecular formula is C9H3F3N2O3S2. The van der Waals surface area contributed by atoms with E-state index in [1.807, 2.05) is 0 Å². The van der Waals surface area contributed by atoms with E-state index >= 15 is 0 Å². The van der Waals surface area contributed by atoms with Crippen LogP contribution in [-0.2, 0) is 4.79 Å². The molecule has 10 heteroatoms. The molecule has 100 valence electrons. The third-order valence-electron chi connectivity index (χ3n) is 1.97. The van der Waals surface area contributed by atoms with Gasteiger partial charge in [-0.25, -0.2) is 4.98 Å². The number of rotatable bonds is 2. The van der Waals surface area contributed by atoms with Gasteiger partial charge in [-0.05, 0) is 17.8 Å². The van der Waals surface area contributed by atoms with E-state index in [4.69, 9.17) is 0 Å². The van der Waals surface area contributed by atoms with Crippen LogP contribution in [-0.4, -0.2) is 21.2 Å². The molecule has 0 amide bonds. The third kappa shape index (κ3) is 3.01. The van der Waals surface area contributed by atoms with Gasteiger partial charge in [-0.3, -0.25) is 14.9 Å². The number of nitro benzene ring substituents is 1. The molecule has 0 aliphatic carbocycles. The van der Waals surface area contributed by atoms with Crippen LogP contribution in [0.15, 0.2) is 22.5 Å². The summed E-state index contributed by atoms with van der Waals surface area (Å²) in [6.45, 7) is 0. The normalized spacial score (nSPS) is 11.7. The molecule has 0 bridgehead atoms. The summed E-state index contributed by atoms with van der Waals surface area (Å²) in [4.78, 5) is 24.5. The molecule has 0 atom stereocenters. The Bertz CT molecular complexity index is 668. The quantitative estimate of drug-likeness (QED) is 0.483. The summed E-state index contributed by atoms with van der Waals surface area (Å²) in [7, 11) is 0. The SMILES string of the molecule is O=C(Sc1nc2ccc([N+](=O)[O-])cc2s1)C(F)(F)F. The van der Waals surface area contributed by atoms with Crippen LogP contribution in [0.2, 0.25) is 0 Å². The van der Waals surface area contributed by atoms with Gasteiger partial charge in [0.15, 0.2) is 4.34 Å². The van der Waals surface area contributed by atoms with Gasteiger partial charge in [-0.1, -0.05) is 0 Å². The Morgan fingerprint density at radius 2 is 2.11 bits per heavy atom. The molecule has 19 heavy (non-hydrogen) atoms. The number of alkyl halides is 3. The van der Waals surface area contributed by atoms with Crippen molar-refractivity contribution in [3.05, 3.63) is 28.3 Å². The van der Waals surface area contributed by atoms with E-state index in [0.717, 1.165) is 11.3 Å². The van der Waals surface area contributed by atoms with Gasteiger partial charge in [0.05, 0.1) is 15.1 Å². The Labute approximate surface area is 111 Å². The first-order chi connectivity index (χ1) is 8.77. The maximum absolute atomic E-state index is 12.1. The Balaban J connectivity index is 2.32. The molecule has 1 aromatic carbocycles. The summed E-state index contributed by atoms with van der Waals surface area (Å²) in [6.07, 6.45) is -4.94. The average Bonchev–Trinajstić information content (AvgIpc) is 2.68. The number of hydrogen-bond acceptors (Lipinski definition) is 6. The fourth-order valence-electron chi connectivity index (χ4n) is 1.19. The van der Waals surface area contributed by atoms with Crippen LogP contribution < -0.4 is 0 Å². The number of nitro groups is 1. The molecule has 0 N–H and O–H groups in total. The van der Waals surface area contributed by atoms with Gasteiger partial charge >= 0.3 is 6.18 Å². The van der Waals surface area contributed by atoms with E-state index < -0.39 is 16.2 Å². The van der Waals surface area contributed by atoms with E-state index in [9.17, 15) is 28.1 Å². The summed E-state index contributed by atoms with van der Waals surface area (Å²) in [5, 5.41) is 8.57. The number of benzene rings is 1. The molecule has 0 fully saturated rings. The highest BCUT2D eigenvalue weighted by molar-refractivity contribution is 8.15. The Hall–Kier alpha value is -1.68. The summed E-state index contributed by atoms with van der Waals surface area (Å²) in [5.41, 5.74) is 0.128. The second-order valence-electron chi connectivity index (χ2n) is 3.28. The van der Waals surface area contributed by atoms with Crippen molar-refractivity contribution >= 4 is 44.1 Å². The minimum atomic E-state index is -4.94. The Kier molecular flexibility index (Phi) is 3.45. The van der Waals surface area contributed by atoms with Crippen molar-refractivity contribution in [2.24, 2.45) is 0 Å². The number of non-ortho nitro benzene ring substituents is 1. The first-order valence-electron chi connectivity index (χ1n) is 4.61. The van der Waals surface area contributed by atoms with Crippen LogP contribution in [0.4, 0.5) is 18.9 Å². The van der Waals surface area contributed by atoms with Gasteiger partial charge in [0.25, 0.3) is 10.8 Å². The summed E-state index contributed by atoms with van der Waals surface area (Å²) < 4.78 is 36.5. The second kappa shape index (κ2) is 4.78. The molecule has 0 spiro atoms. The van der Waals surface area contributed by atoms with Crippen LogP contribution in [0.3, 0.4) is 0 Å². The van der Waals surface area contributed by atoms with E-state index in [0.29, 0.717) is 10.2 Å². The van der Waals surface area contributed by atoms with E-state index in [-0.39, 0.29) is 21.8 Å². The second-order valence-corrected chi connectivity index (χ2v) is 5.53. The molecule has 2 rings (SSSR count). The van der Waals surface area contributed by atoms with Crippen molar-refractivity contribution in [3.63, 3.8) is 0 Å². The molecule has 2 aromatic rings. The van der Waals surface area contributed by atoms with Gasteiger partial charge in [-0.15, -0.1) is 11.3 Å². The number of halogens is 3. The molecular weight excluding hydrogens is 305 g/mol. The average molecular weight is 308 g/mol. The number of thiazole rings is 1. The number of aromatic nitrogens is 1.